The van der Waals surface area contributed by atoms with E-state index in [1.165, 1.54) is 0 Å². The second-order valence-electron chi connectivity index (χ2n) is 3.95. The highest BCUT2D eigenvalue weighted by Gasteiger charge is 2.07. The van der Waals surface area contributed by atoms with E-state index in [1.54, 1.807) is 22.9 Å². The number of benzene rings is 1. The fourth-order valence-electron chi connectivity index (χ4n) is 1.65. The third-order valence-corrected chi connectivity index (χ3v) is 2.46. The van der Waals surface area contributed by atoms with Crippen molar-refractivity contribution in [3.63, 3.8) is 0 Å². The summed E-state index contributed by atoms with van der Waals surface area (Å²) < 4.78 is 7.29. The van der Waals surface area contributed by atoms with Gasteiger partial charge < -0.3 is 9.84 Å². The Labute approximate surface area is 105 Å². The Morgan fingerprint density at radius 2 is 2.17 bits per heavy atom. The van der Waals surface area contributed by atoms with Crippen molar-refractivity contribution < 1.29 is 14.6 Å². The Morgan fingerprint density at radius 1 is 1.39 bits per heavy atom. The first kappa shape index (κ1) is 12.2. The molecule has 0 aliphatic heterocycles. The molecule has 1 heterocycles. The predicted molar refractivity (Wildman–Crippen MR) is 65.3 cm³/mol. The Morgan fingerprint density at radius 3 is 2.83 bits per heavy atom. The fourth-order valence-corrected chi connectivity index (χ4v) is 1.65. The molecule has 18 heavy (non-hydrogen) atoms. The van der Waals surface area contributed by atoms with E-state index in [0.717, 1.165) is 5.69 Å². The number of ether oxygens (including phenoxy) is 1. The van der Waals surface area contributed by atoms with Crippen LogP contribution in [0.1, 0.15) is 11.3 Å². The predicted octanol–water partition coefficient (Wildman–Crippen LogP) is 1.63. The second kappa shape index (κ2) is 5.35. The minimum atomic E-state index is -0.871. The third-order valence-electron chi connectivity index (χ3n) is 2.46. The van der Waals surface area contributed by atoms with E-state index in [1.807, 2.05) is 25.4 Å². The lowest BCUT2D eigenvalue weighted by Gasteiger charge is -2.08. The molecule has 2 rings (SSSR count). The summed E-state index contributed by atoms with van der Waals surface area (Å²) in [6.07, 6.45) is 1.79. The minimum absolute atomic E-state index is 0.0433. The lowest BCUT2D eigenvalue weighted by molar-refractivity contribution is -0.136. The zero-order chi connectivity index (χ0) is 13.0. The normalized spacial score (nSPS) is 10.3. The molecular formula is C13H14N2O3. The van der Waals surface area contributed by atoms with Crippen LogP contribution >= 0.6 is 0 Å². The van der Waals surface area contributed by atoms with Crippen LogP contribution in [0.4, 0.5) is 0 Å². The molecule has 5 heteroatoms. The van der Waals surface area contributed by atoms with E-state index < -0.39 is 5.97 Å². The zero-order valence-corrected chi connectivity index (χ0v) is 10.0. The van der Waals surface area contributed by atoms with Gasteiger partial charge in [-0.25, -0.2) is 0 Å². The molecule has 0 amide bonds. The highest BCUT2D eigenvalue weighted by atomic mass is 16.5. The Hall–Kier alpha value is -2.30. The molecule has 2 aromatic rings. The number of hydrogen-bond donors (Lipinski definition) is 1. The van der Waals surface area contributed by atoms with Crippen LogP contribution in [0.2, 0.25) is 0 Å². The molecule has 0 aliphatic rings. The number of aromatic nitrogens is 2. The van der Waals surface area contributed by atoms with E-state index in [0.29, 0.717) is 17.9 Å². The first-order chi connectivity index (χ1) is 8.65. The Kier molecular flexibility index (Phi) is 3.62. The van der Waals surface area contributed by atoms with E-state index in [9.17, 15) is 4.79 Å². The maximum absolute atomic E-state index is 10.7. The van der Waals surface area contributed by atoms with Crippen molar-refractivity contribution in [2.75, 3.05) is 0 Å². The van der Waals surface area contributed by atoms with Gasteiger partial charge in [0.25, 0.3) is 0 Å². The topological polar surface area (TPSA) is 64.3 Å². The van der Waals surface area contributed by atoms with Crippen LogP contribution < -0.4 is 4.74 Å². The van der Waals surface area contributed by atoms with Crippen molar-refractivity contribution in [1.82, 2.24) is 9.78 Å². The summed E-state index contributed by atoms with van der Waals surface area (Å²) in [5.41, 5.74) is 1.48. The molecule has 94 valence electrons. The number of hydrogen-bond acceptors (Lipinski definition) is 3. The van der Waals surface area contributed by atoms with Gasteiger partial charge >= 0.3 is 5.97 Å². The van der Waals surface area contributed by atoms with Crippen molar-refractivity contribution >= 4 is 5.97 Å². The number of carboxylic acids is 1. The molecule has 1 aromatic heterocycles. The Bertz CT molecular complexity index is 549. The summed E-state index contributed by atoms with van der Waals surface area (Å²) in [5.74, 6) is -0.283. The Balaban J connectivity index is 2.06. The van der Waals surface area contributed by atoms with Crippen LogP contribution in [0.25, 0.3) is 0 Å². The van der Waals surface area contributed by atoms with Gasteiger partial charge in [0, 0.05) is 18.8 Å². The van der Waals surface area contributed by atoms with Crippen molar-refractivity contribution in [1.29, 1.82) is 0 Å². The molecule has 0 aliphatic carbocycles. The molecule has 1 aromatic carbocycles. The summed E-state index contributed by atoms with van der Waals surface area (Å²) in [4.78, 5) is 10.7. The number of nitrogens with zero attached hydrogens (tertiary/aromatic N) is 2. The zero-order valence-electron chi connectivity index (χ0n) is 10.0. The number of rotatable bonds is 5. The van der Waals surface area contributed by atoms with Crippen molar-refractivity contribution in [2.24, 2.45) is 7.05 Å². The van der Waals surface area contributed by atoms with Crippen LogP contribution in [-0.2, 0) is 24.9 Å². The van der Waals surface area contributed by atoms with E-state index in [2.05, 4.69) is 5.10 Å². The van der Waals surface area contributed by atoms with Gasteiger partial charge in [-0.15, -0.1) is 0 Å². The van der Waals surface area contributed by atoms with Gasteiger partial charge in [0.1, 0.15) is 12.4 Å². The van der Waals surface area contributed by atoms with Gasteiger partial charge in [-0.1, -0.05) is 18.2 Å². The second-order valence-corrected chi connectivity index (χ2v) is 3.95. The number of carboxylic acid groups (broad SMARTS) is 1. The van der Waals surface area contributed by atoms with E-state index in [-0.39, 0.29) is 6.42 Å². The number of carbonyl (C=O) groups is 1. The molecule has 0 unspecified atom stereocenters. The first-order valence-corrected chi connectivity index (χ1v) is 5.56. The molecule has 0 atom stereocenters. The highest BCUT2D eigenvalue weighted by Crippen LogP contribution is 2.19. The molecule has 5 nitrogen and oxygen atoms in total. The summed E-state index contributed by atoms with van der Waals surface area (Å²) in [6.45, 7) is 0.331. The van der Waals surface area contributed by atoms with Gasteiger partial charge in [-0.3, -0.25) is 9.48 Å². The number of para-hydroxylation sites is 1. The molecular weight excluding hydrogens is 232 g/mol. The fraction of sp³-hybridized carbons (Fsp3) is 0.231. The van der Waals surface area contributed by atoms with Crippen LogP contribution in [0.3, 0.4) is 0 Å². The van der Waals surface area contributed by atoms with Gasteiger partial charge in [0.15, 0.2) is 0 Å². The molecule has 0 spiro atoms. The SMILES string of the molecule is Cn1ccc(COc2ccccc2CC(=O)O)n1. The summed E-state index contributed by atoms with van der Waals surface area (Å²) >= 11 is 0. The molecule has 0 fully saturated rings. The lowest BCUT2D eigenvalue weighted by Crippen LogP contribution is -2.04. The molecule has 0 saturated heterocycles. The average Bonchev–Trinajstić information content (AvgIpc) is 2.73. The van der Waals surface area contributed by atoms with Crippen LogP contribution in [0, 0.1) is 0 Å². The lowest BCUT2D eigenvalue weighted by atomic mass is 10.1. The average molecular weight is 246 g/mol. The van der Waals surface area contributed by atoms with Crippen LogP contribution in [0.15, 0.2) is 36.5 Å². The van der Waals surface area contributed by atoms with Crippen LogP contribution in [0.5, 0.6) is 5.75 Å². The van der Waals surface area contributed by atoms with Crippen molar-refractivity contribution in [2.45, 2.75) is 13.0 Å². The van der Waals surface area contributed by atoms with Crippen molar-refractivity contribution in [3.05, 3.63) is 47.8 Å². The third kappa shape index (κ3) is 3.10. The van der Waals surface area contributed by atoms with Gasteiger partial charge in [0.2, 0.25) is 0 Å². The van der Waals surface area contributed by atoms with Crippen LogP contribution in [-0.4, -0.2) is 20.9 Å². The van der Waals surface area contributed by atoms with Crippen molar-refractivity contribution in [3.8, 4) is 5.75 Å². The maximum atomic E-state index is 10.7. The molecule has 0 saturated carbocycles. The summed E-state index contributed by atoms with van der Waals surface area (Å²) in [6, 6.07) is 8.99. The molecule has 1 N–H and O–H groups in total. The smallest absolute Gasteiger partial charge is 0.307 e. The highest BCUT2D eigenvalue weighted by molar-refractivity contribution is 5.71. The quantitative estimate of drug-likeness (QED) is 0.870. The minimum Gasteiger partial charge on any atom is -0.487 e. The van der Waals surface area contributed by atoms with Gasteiger partial charge in [0.05, 0.1) is 12.1 Å². The van der Waals surface area contributed by atoms with E-state index in [4.69, 9.17) is 9.84 Å². The van der Waals surface area contributed by atoms with Gasteiger partial charge in [-0.05, 0) is 12.1 Å². The van der Waals surface area contributed by atoms with E-state index >= 15 is 0 Å². The first-order valence-electron chi connectivity index (χ1n) is 5.56. The number of aliphatic carboxylic acids is 1. The largest absolute Gasteiger partial charge is 0.487 e. The molecule has 0 bridgehead atoms. The monoisotopic (exact) mass is 246 g/mol. The standard InChI is InChI=1S/C13H14N2O3/c1-15-7-6-11(14-15)9-18-12-5-3-2-4-10(12)8-13(16)17/h2-7H,8-9H2,1H3,(H,16,17). The van der Waals surface area contributed by atoms with Gasteiger partial charge in [-0.2, -0.15) is 5.10 Å². The summed E-state index contributed by atoms with van der Waals surface area (Å²) in [5, 5.41) is 13.0. The maximum Gasteiger partial charge on any atom is 0.307 e. The molecule has 0 radical (unpaired) electrons. The summed E-state index contributed by atoms with van der Waals surface area (Å²) in [7, 11) is 1.84. The number of aryl methyl sites for hydroxylation is 1.